The largest absolute Gasteiger partial charge is 0.493 e. The van der Waals surface area contributed by atoms with E-state index in [9.17, 15) is 4.79 Å². The highest BCUT2D eigenvalue weighted by Crippen LogP contribution is 2.21. The lowest BCUT2D eigenvalue weighted by Crippen LogP contribution is -2.08. The van der Waals surface area contributed by atoms with Crippen LogP contribution in [0.25, 0.3) is 11.3 Å². The molecule has 5 heteroatoms. The van der Waals surface area contributed by atoms with Gasteiger partial charge in [0.25, 0.3) is 0 Å². The van der Waals surface area contributed by atoms with Crippen molar-refractivity contribution in [3.8, 4) is 22.9 Å². The molecule has 1 atom stereocenters. The van der Waals surface area contributed by atoms with Gasteiger partial charge in [0.15, 0.2) is 0 Å². The predicted molar refractivity (Wildman–Crippen MR) is 97.6 cm³/mol. The van der Waals surface area contributed by atoms with Crippen LogP contribution in [0.3, 0.4) is 0 Å². The predicted octanol–water partition coefficient (Wildman–Crippen LogP) is 4.66. The van der Waals surface area contributed by atoms with Crippen molar-refractivity contribution in [2.75, 3.05) is 6.61 Å². The first-order valence-electron chi connectivity index (χ1n) is 8.88. The number of unbranched alkanes of at least 4 members (excludes halogenated alkanes) is 1. The van der Waals surface area contributed by atoms with Crippen molar-refractivity contribution in [2.45, 2.75) is 46.5 Å². The van der Waals surface area contributed by atoms with Crippen LogP contribution in [-0.4, -0.2) is 22.5 Å². The Labute approximate surface area is 149 Å². The highest BCUT2D eigenvalue weighted by Gasteiger charge is 2.07. The molecule has 1 aromatic carbocycles. The van der Waals surface area contributed by atoms with Crippen LogP contribution >= 0.6 is 0 Å². The Hall–Kier alpha value is -2.43. The first kappa shape index (κ1) is 18.9. The van der Waals surface area contributed by atoms with Gasteiger partial charge in [0.05, 0.1) is 24.7 Å². The third kappa shape index (κ3) is 6.18. The molecule has 1 heterocycles. The third-order valence-electron chi connectivity index (χ3n) is 3.96. The van der Waals surface area contributed by atoms with Crippen molar-refractivity contribution in [3.63, 3.8) is 0 Å². The summed E-state index contributed by atoms with van der Waals surface area (Å²) in [5.41, 5.74) is 1.66. The number of ether oxygens (including phenoxy) is 2. The zero-order valence-electron chi connectivity index (χ0n) is 15.2. The maximum atomic E-state index is 11.6. The van der Waals surface area contributed by atoms with Crippen LogP contribution in [0.15, 0.2) is 36.7 Å². The molecule has 134 valence electrons. The van der Waals surface area contributed by atoms with Gasteiger partial charge in [-0.05, 0) is 36.6 Å². The zero-order chi connectivity index (χ0) is 18.1. The van der Waals surface area contributed by atoms with Crippen molar-refractivity contribution in [3.05, 3.63) is 36.7 Å². The van der Waals surface area contributed by atoms with Gasteiger partial charge in [-0.3, -0.25) is 4.79 Å². The van der Waals surface area contributed by atoms with E-state index in [1.165, 1.54) is 6.20 Å². The average Bonchev–Trinajstić information content (AvgIpc) is 2.65. The Bertz CT molecular complexity index is 654. The molecule has 0 aliphatic heterocycles. The van der Waals surface area contributed by atoms with Gasteiger partial charge in [0.1, 0.15) is 5.75 Å². The summed E-state index contributed by atoms with van der Waals surface area (Å²) < 4.78 is 10.9. The summed E-state index contributed by atoms with van der Waals surface area (Å²) >= 11 is 0. The number of hydrogen-bond acceptors (Lipinski definition) is 5. The van der Waals surface area contributed by atoms with E-state index in [2.05, 4.69) is 23.8 Å². The summed E-state index contributed by atoms with van der Waals surface area (Å²) in [5, 5.41) is 0. The van der Waals surface area contributed by atoms with E-state index in [1.54, 1.807) is 6.20 Å². The number of carbonyl (C=O) groups excluding carboxylic acids is 1. The summed E-state index contributed by atoms with van der Waals surface area (Å²) in [6.45, 7) is 7.07. The van der Waals surface area contributed by atoms with Gasteiger partial charge in [-0.25, -0.2) is 9.97 Å². The first-order chi connectivity index (χ1) is 12.1. The van der Waals surface area contributed by atoms with Gasteiger partial charge in [-0.2, -0.15) is 0 Å². The van der Waals surface area contributed by atoms with Gasteiger partial charge in [0, 0.05) is 12.0 Å². The van der Waals surface area contributed by atoms with E-state index in [0.717, 1.165) is 36.3 Å². The third-order valence-corrected chi connectivity index (χ3v) is 3.96. The fourth-order valence-corrected chi connectivity index (χ4v) is 2.09. The van der Waals surface area contributed by atoms with Crippen LogP contribution in [-0.2, 0) is 4.79 Å². The minimum atomic E-state index is -0.272. The van der Waals surface area contributed by atoms with Crippen LogP contribution in [0, 0.1) is 5.92 Å². The normalized spacial score (nSPS) is 11.8. The molecule has 0 radical (unpaired) electrons. The Morgan fingerprint density at radius 3 is 2.48 bits per heavy atom. The molecule has 0 amide bonds. The van der Waals surface area contributed by atoms with Gasteiger partial charge in [0.2, 0.25) is 5.88 Å². The zero-order valence-corrected chi connectivity index (χ0v) is 15.2. The second-order valence-electron chi connectivity index (χ2n) is 6.17. The second-order valence-corrected chi connectivity index (χ2v) is 6.17. The lowest BCUT2D eigenvalue weighted by molar-refractivity contribution is -0.134. The van der Waals surface area contributed by atoms with Crippen molar-refractivity contribution >= 4 is 5.97 Å². The summed E-state index contributed by atoms with van der Waals surface area (Å²) in [6, 6.07) is 7.75. The number of aromatic nitrogens is 2. The average molecular weight is 342 g/mol. The lowest BCUT2D eigenvalue weighted by Gasteiger charge is -2.11. The number of esters is 1. The molecule has 0 saturated carbocycles. The smallest absolute Gasteiger partial charge is 0.312 e. The highest BCUT2D eigenvalue weighted by atomic mass is 16.5. The molecule has 0 N–H and O–H groups in total. The summed E-state index contributed by atoms with van der Waals surface area (Å²) in [6.07, 6.45) is 6.36. The van der Waals surface area contributed by atoms with Crippen molar-refractivity contribution in [2.24, 2.45) is 5.92 Å². The van der Waals surface area contributed by atoms with Crippen molar-refractivity contribution in [1.82, 2.24) is 9.97 Å². The van der Waals surface area contributed by atoms with E-state index in [-0.39, 0.29) is 11.8 Å². The van der Waals surface area contributed by atoms with E-state index in [1.807, 2.05) is 31.2 Å². The standard InChI is InChI=1S/C20H26N2O3/c1-4-6-7-20(23)25-19-13-21-18(12-22-19)16-8-10-17(11-9-16)24-14-15(3)5-2/h8-13,15H,4-7,14H2,1-3H3. The molecule has 0 aliphatic carbocycles. The summed E-state index contributed by atoms with van der Waals surface area (Å²) in [4.78, 5) is 20.1. The van der Waals surface area contributed by atoms with E-state index in [4.69, 9.17) is 9.47 Å². The Balaban J connectivity index is 1.94. The van der Waals surface area contributed by atoms with Crippen LogP contribution in [0.5, 0.6) is 11.6 Å². The van der Waals surface area contributed by atoms with Crippen LogP contribution in [0.2, 0.25) is 0 Å². The van der Waals surface area contributed by atoms with Crippen LogP contribution < -0.4 is 9.47 Å². The molecule has 0 bridgehead atoms. The van der Waals surface area contributed by atoms with Crippen molar-refractivity contribution < 1.29 is 14.3 Å². The number of hydrogen-bond donors (Lipinski definition) is 0. The van der Waals surface area contributed by atoms with E-state index in [0.29, 0.717) is 18.9 Å². The minimum absolute atomic E-state index is 0.235. The molecule has 25 heavy (non-hydrogen) atoms. The van der Waals surface area contributed by atoms with E-state index < -0.39 is 0 Å². The molecule has 2 aromatic rings. The topological polar surface area (TPSA) is 61.3 Å². The SMILES string of the molecule is CCCCC(=O)Oc1cnc(-c2ccc(OCC(C)CC)cc2)cn1. The van der Waals surface area contributed by atoms with E-state index >= 15 is 0 Å². The molecular formula is C20H26N2O3. The number of benzene rings is 1. The number of rotatable bonds is 9. The number of carbonyl (C=O) groups is 1. The van der Waals surface area contributed by atoms with Gasteiger partial charge >= 0.3 is 5.97 Å². The van der Waals surface area contributed by atoms with Gasteiger partial charge < -0.3 is 9.47 Å². The Morgan fingerprint density at radius 2 is 1.88 bits per heavy atom. The second kappa shape index (κ2) is 9.77. The maximum Gasteiger partial charge on any atom is 0.312 e. The van der Waals surface area contributed by atoms with Gasteiger partial charge in [-0.15, -0.1) is 0 Å². The lowest BCUT2D eigenvalue weighted by atomic mass is 10.1. The molecule has 0 spiro atoms. The fraction of sp³-hybridized carbons (Fsp3) is 0.450. The molecular weight excluding hydrogens is 316 g/mol. The monoisotopic (exact) mass is 342 g/mol. The Kier molecular flexibility index (Phi) is 7.38. The minimum Gasteiger partial charge on any atom is -0.493 e. The Morgan fingerprint density at radius 1 is 1.12 bits per heavy atom. The number of nitrogens with zero attached hydrogens (tertiary/aromatic N) is 2. The highest BCUT2D eigenvalue weighted by molar-refractivity contribution is 5.71. The molecule has 0 fully saturated rings. The molecule has 1 unspecified atom stereocenters. The molecule has 5 nitrogen and oxygen atoms in total. The summed E-state index contributed by atoms with van der Waals surface area (Å²) in [7, 11) is 0. The van der Waals surface area contributed by atoms with Crippen molar-refractivity contribution in [1.29, 1.82) is 0 Å². The first-order valence-corrected chi connectivity index (χ1v) is 8.88. The van der Waals surface area contributed by atoms with Crippen LogP contribution in [0.4, 0.5) is 0 Å². The quantitative estimate of drug-likeness (QED) is 0.620. The maximum absolute atomic E-state index is 11.6. The molecule has 0 aliphatic rings. The fourth-order valence-electron chi connectivity index (χ4n) is 2.09. The molecule has 2 rings (SSSR count). The van der Waals surface area contributed by atoms with Crippen LogP contribution in [0.1, 0.15) is 46.5 Å². The molecule has 0 saturated heterocycles. The summed E-state index contributed by atoms with van der Waals surface area (Å²) in [5.74, 6) is 1.35. The van der Waals surface area contributed by atoms with Gasteiger partial charge in [-0.1, -0.05) is 33.6 Å². The molecule has 1 aromatic heterocycles.